The Hall–Kier alpha value is -2.23. The second kappa shape index (κ2) is 3.88. The summed E-state index contributed by atoms with van der Waals surface area (Å²) >= 11 is 0. The molecule has 1 aliphatic carbocycles. The van der Waals surface area contributed by atoms with Gasteiger partial charge in [0.05, 0.1) is 17.4 Å². The van der Waals surface area contributed by atoms with E-state index in [9.17, 15) is 0 Å². The summed E-state index contributed by atoms with van der Waals surface area (Å²) < 4.78 is 0. The Bertz CT molecular complexity index is 756. The average molecular weight is 250 g/mol. The highest BCUT2D eigenvalue weighted by molar-refractivity contribution is 5.84. The Morgan fingerprint density at radius 3 is 3.00 bits per heavy atom. The monoisotopic (exact) mass is 250 g/mol. The Labute approximate surface area is 110 Å². The quantitative estimate of drug-likeness (QED) is 0.759. The van der Waals surface area contributed by atoms with E-state index in [1.807, 2.05) is 25.5 Å². The smallest absolute Gasteiger partial charge is 0.0745 e. The molecule has 1 aliphatic rings. The van der Waals surface area contributed by atoms with E-state index in [0.29, 0.717) is 5.92 Å². The number of aromatic nitrogens is 4. The summed E-state index contributed by atoms with van der Waals surface area (Å²) in [5.74, 6) is 0.692. The van der Waals surface area contributed by atoms with Crippen molar-refractivity contribution >= 4 is 10.9 Å². The Morgan fingerprint density at radius 1 is 1.26 bits per heavy atom. The van der Waals surface area contributed by atoms with Gasteiger partial charge in [-0.05, 0) is 43.4 Å². The van der Waals surface area contributed by atoms with Crippen LogP contribution in [0.2, 0.25) is 0 Å². The van der Waals surface area contributed by atoms with Crippen molar-refractivity contribution in [1.29, 1.82) is 0 Å². The van der Waals surface area contributed by atoms with Crippen LogP contribution >= 0.6 is 0 Å². The van der Waals surface area contributed by atoms with E-state index in [1.165, 1.54) is 18.4 Å². The summed E-state index contributed by atoms with van der Waals surface area (Å²) in [4.78, 5) is 8.98. The molecule has 0 spiro atoms. The van der Waals surface area contributed by atoms with E-state index in [1.54, 1.807) is 0 Å². The van der Waals surface area contributed by atoms with Crippen molar-refractivity contribution in [2.75, 3.05) is 0 Å². The molecule has 3 heterocycles. The van der Waals surface area contributed by atoms with Gasteiger partial charge in [0.2, 0.25) is 0 Å². The first kappa shape index (κ1) is 10.7. The molecule has 94 valence electrons. The molecule has 0 unspecified atom stereocenters. The largest absolute Gasteiger partial charge is 0.278 e. The first-order chi connectivity index (χ1) is 9.33. The predicted octanol–water partition coefficient (Wildman–Crippen LogP) is 3.21. The lowest BCUT2D eigenvalue weighted by molar-refractivity contribution is 1.10. The molecule has 0 radical (unpaired) electrons. The molecule has 4 rings (SSSR count). The number of nitrogens with zero attached hydrogens (tertiary/aromatic N) is 3. The molecule has 0 atom stereocenters. The van der Waals surface area contributed by atoms with Gasteiger partial charge in [0.25, 0.3) is 0 Å². The van der Waals surface area contributed by atoms with E-state index < -0.39 is 0 Å². The van der Waals surface area contributed by atoms with Crippen LogP contribution in [0.4, 0.5) is 0 Å². The van der Waals surface area contributed by atoms with Crippen molar-refractivity contribution < 1.29 is 0 Å². The third-order valence-electron chi connectivity index (χ3n) is 3.78. The molecular weight excluding hydrogens is 236 g/mol. The highest BCUT2D eigenvalue weighted by Crippen LogP contribution is 2.43. The molecule has 3 aromatic rings. The van der Waals surface area contributed by atoms with Crippen LogP contribution in [0.25, 0.3) is 22.2 Å². The summed E-state index contributed by atoms with van der Waals surface area (Å²) in [6, 6.07) is 4.19. The number of aryl methyl sites for hydroxylation is 1. The number of hydrogen-bond acceptors (Lipinski definition) is 3. The van der Waals surface area contributed by atoms with Crippen molar-refractivity contribution in [3.8, 4) is 11.3 Å². The fraction of sp³-hybridized carbons (Fsp3) is 0.267. The van der Waals surface area contributed by atoms with Crippen molar-refractivity contribution in [3.63, 3.8) is 0 Å². The third kappa shape index (κ3) is 1.71. The van der Waals surface area contributed by atoms with Gasteiger partial charge < -0.3 is 0 Å². The second-order valence-electron chi connectivity index (χ2n) is 5.16. The summed E-state index contributed by atoms with van der Waals surface area (Å²) in [6.07, 6.45) is 8.19. The first-order valence-electron chi connectivity index (χ1n) is 6.58. The van der Waals surface area contributed by atoms with Gasteiger partial charge in [0, 0.05) is 29.0 Å². The zero-order valence-corrected chi connectivity index (χ0v) is 10.7. The fourth-order valence-electron chi connectivity index (χ4n) is 2.61. The summed E-state index contributed by atoms with van der Waals surface area (Å²) in [5, 5.41) is 8.19. The molecule has 19 heavy (non-hydrogen) atoms. The molecule has 1 fully saturated rings. The van der Waals surface area contributed by atoms with Gasteiger partial charge in [-0.15, -0.1) is 0 Å². The van der Waals surface area contributed by atoms with E-state index >= 15 is 0 Å². The number of hydrogen-bond donors (Lipinski definition) is 1. The first-order valence-corrected chi connectivity index (χ1v) is 6.58. The molecule has 1 N–H and O–H groups in total. The van der Waals surface area contributed by atoms with Crippen molar-refractivity contribution in [2.45, 2.75) is 25.7 Å². The highest BCUT2D eigenvalue weighted by Gasteiger charge is 2.26. The number of nitrogens with one attached hydrogen (secondary N) is 1. The Balaban J connectivity index is 1.94. The minimum absolute atomic E-state index is 0.692. The highest BCUT2D eigenvalue weighted by atomic mass is 15.1. The van der Waals surface area contributed by atoms with Gasteiger partial charge in [-0.25, -0.2) is 0 Å². The van der Waals surface area contributed by atoms with Gasteiger partial charge in [-0.1, -0.05) is 0 Å². The van der Waals surface area contributed by atoms with E-state index in [-0.39, 0.29) is 0 Å². The number of fused-ring (bicyclic) bond motifs is 1. The van der Waals surface area contributed by atoms with Crippen molar-refractivity contribution in [1.82, 2.24) is 20.2 Å². The van der Waals surface area contributed by atoms with Crippen molar-refractivity contribution in [2.24, 2.45) is 0 Å². The van der Waals surface area contributed by atoms with Crippen molar-refractivity contribution in [3.05, 3.63) is 42.0 Å². The summed E-state index contributed by atoms with van der Waals surface area (Å²) in [5.41, 5.74) is 5.56. The number of H-pyrrole nitrogens is 1. The topological polar surface area (TPSA) is 54.5 Å². The van der Waals surface area contributed by atoms with Crippen LogP contribution in [0.15, 0.2) is 30.7 Å². The molecule has 0 bridgehead atoms. The van der Waals surface area contributed by atoms with Gasteiger partial charge in [0.15, 0.2) is 0 Å². The molecule has 0 aliphatic heterocycles. The fourth-order valence-corrected chi connectivity index (χ4v) is 2.61. The van der Waals surface area contributed by atoms with Crippen LogP contribution < -0.4 is 0 Å². The zero-order valence-electron chi connectivity index (χ0n) is 10.7. The molecule has 0 amide bonds. The van der Waals surface area contributed by atoms with Crippen LogP contribution in [0, 0.1) is 6.92 Å². The van der Waals surface area contributed by atoms with Crippen LogP contribution in [0.1, 0.15) is 30.0 Å². The lowest BCUT2D eigenvalue weighted by Crippen LogP contribution is -1.93. The minimum Gasteiger partial charge on any atom is -0.278 e. The maximum atomic E-state index is 4.71. The van der Waals surface area contributed by atoms with Gasteiger partial charge >= 0.3 is 0 Å². The lowest BCUT2D eigenvalue weighted by atomic mass is 10.0. The van der Waals surface area contributed by atoms with Gasteiger partial charge in [0.1, 0.15) is 0 Å². The maximum Gasteiger partial charge on any atom is 0.0745 e. The van der Waals surface area contributed by atoms with E-state index in [4.69, 9.17) is 4.98 Å². The zero-order chi connectivity index (χ0) is 12.8. The van der Waals surface area contributed by atoms with Gasteiger partial charge in [-0.2, -0.15) is 5.10 Å². The van der Waals surface area contributed by atoms with Crippen LogP contribution in [-0.4, -0.2) is 20.2 Å². The molecule has 4 nitrogen and oxygen atoms in total. The summed E-state index contributed by atoms with van der Waals surface area (Å²) in [6.45, 7) is 2.02. The third-order valence-corrected chi connectivity index (χ3v) is 3.78. The van der Waals surface area contributed by atoms with E-state index in [0.717, 1.165) is 27.9 Å². The second-order valence-corrected chi connectivity index (χ2v) is 5.16. The number of aromatic amines is 1. The Kier molecular flexibility index (Phi) is 2.18. The standard InChI is InChI=1S/C15H14N4/c1-9-12-8-17-19-15(12)6-14(18-9)13-7-16-5-4-11(13)10-2-3-10/h4-8,10H,2-3H2,1H3,(H,17,19). The number of rotatable bonds is 2. The molecule has 1 saturated carbocycles. The summed E-state index contributed by atoms with van der Waals surface area (Å²) in [7, 11) is 0. The number of pyridine rings is 2. The molecule has 4 heteroatoms. The normalized spacial score (nSPS) is 15.0. The predicted molar refractivity (Wildman–Crippen MR) is 73.8 cm³/mol. The maximum absolute atomic E-state index is 4.71. The molecule has 0 aromatic carbocycles. The minimum atomic E-state index is 0.692. The molecule has 0 saturated heterocycles. The van der Waals surface area contributed by atoms with Crippen LogP contribution in [-0.2, 0) is 0 Å². The molecular formula is C15H14N4. The van der Waals surface area contributed by atoms with E-state index in [2.05, 4.69) is 27.3 Å². The average Bonchev–Trinajstić information content (AvgIpc) is 3.17. The molecule has 3 aromatic heterocycles. The SMILES string of the molecule is Cc1nc(-c2cnccc2C2CC2)cc2[nH]ncc12. The lowest BCUT2D eigenvalue weighted by Gasteiger charge is -2.08. The Morgan fingerprint density at radius 2 is 2.16 bits per heavy atom. The van der Waals surface area contributed by atoms with Crippen LogP contribution in [0.3, 0.4) is 0 Å². The van der Waals surface area contributed by atoms with Gasteiger partial charge in [-0.3, -0.25) is 15.1 Å². The van der Waals surface area contributed by atoms with Crippen LogP contribution in [0.5, 0.6) is 0 Å².